The van der Waals surface area contributed by atoms with Crippen molar-refractivity contribution in [2.75, 3.05) is 20.3 Å². The Morgan fingerprint density at radius 2 is 1.95 bits per heavy atom. The number of aliphatic hydroxyl groups is 1. The molecule has 0 atom stereocenters. The van der Waals surface area contributed by atoms with Crippen molar-refractivity contribution in [2.45, 2.75) is 32.2 Å². The maximum Gasteiger partial charge on any atom is 0.222 e. The molecule has 1 amide bonds. The minimum Gasteiger partial charge on any atom is -0.494 e. The average Bonchev–Trinajstić information content (AvgIpc) is 2.44. The highest BCUT2D eigenvalue weighted by atomic mass is 79.9. The van der Waals surface area contributed by atoms with Gasteiger partial charge in [0.1, 0.15) is 5.75 Å². The number of carbonyl (C=O) groups is 1. The molecule has 0 aliphatic heterocycles. The smallest absolute Gasteiger partial charge is 0.222 e. The van der Waals surface area contributed by atoms with Gasteiger partial charge in [0.15, 0.2) is 0 Å². The number of amides is 1. The standard InChI is InChI=1S/C15H22BrNO3/c1-15(2,11-18)17(3)14(19)5-4-10-20-13-8-6-12(16)7-9-13/h6-9,18H,4-5,10-11H2,1-3H3. The zero-order chi connectivity index (χ0) is 15.2. The van der Waals surface area contributed by atoms with E-state index in [-0.39, 0.29) is 12.5 Å². The molecule has 0 heterocycles. The highest BCUT2D eigenvalue weighted by Crippen LogP contribution is 2.17. The average molecular weight is 344 g/mol. The van der Waals surface area contributed by atoms with Crippen LogP contribution in [-0.4, -0.2) is 41.7 Å². The molecule has 0 saturated heterocycles. The predicted molar refractivity (Wildman–Crippen MR) is 82.8 cm³/mol. The Kier molecular flexibility index (Phi) is 6.49. The van der Waals surface area contributed by atoms with Gasteiger partial charge in [0.05, 0.1) is 18.8 Å². The molecule has 112 valence electrons. The number of carbonyl (C=O) groups excluding carboxylic acids is 1. The molecule has 0 saturated carbocycles. The van der Waals surface area contributed by atoms with E-state index in [4.69, 9.17) is 4.74 Å². The van der Waals surface area contributed by atoms with Gasteiger partial charge in [-0.25, -0.2) is 0 Å². The number of hydrogen-bond donors (Lipinski definition) is 1. The van der Waals surface area contributed by atoms with E-state index in [1.54, 1.807) is 11.9 Å². The van der Waals surface area contributed by atoms with E-state index in [1.807, 2.05) is 38.1 Å². The van der Waals surface area contributed by atoms with Crippen LogP contribution in [0, 0.1) is 0 Å². The summed E-state index contributed by atoms with van der Waals surface area (Å²) in [7, 11) is 1.72. The lowest BCUT2D eigenvalue weighted by Gasteiger charge is -2.34. The van der Waals surface area contributed by atoms with Gasteiger partial charge in [0.25, 0.3) is 0 Å². The van der Waals surface area contributed by atoms with E-state index in [9.17, 15) is 9.90 Å². The van der Waals surface area contributed by atoms with Crippen LogP contribution in [0.15, 0.2) is 28.7 Å². The second-order valence-electron chi connectivity index (χ2n) is 5.33. The largest absolute Gasteiger partial charge is 0.494 e. The SMILES string of the molecule is CN(C(=O)CCCOc1ccc(Br)cc1)C(C)(C)CO. The number of nitrogens with zero attached hydrogens (tertiary/aromatic N) is 1. The van der Waals surface area contributed by atoms with Crippen molar-refractivity contribution in [3.63, 3.8) is 0 Å². The predicted octanol–water partition coefficient (Wildman–Crippen LogP) is 2.84. The summed E-state index contributed by atoms with van der Waals surface area (Å²) in [6.45, 7) is 4.12. The molecule has 0 spiro atoms. The number of ether oxygens (including phenoxy) is 1. The van der Waals surface area contributed by atoms with Crippen LogP contribution < -0.4 is 4.74 Å². The summed E-state index contributed by atoms with van der Waals surface area (Å²) in [5.74, 6) is 0.813. The van der Waals surface area contributed by atoms with Gasteiger partial charge in [-0.1, -0.05) is 15.9 Å². The molecule has 5 heteroatoms. The van der Waals surface area contributed by atoms with Crippen molar-refractivity contribution in [3.05, 3.63) is 28.7 Å². The van der Waals surface area contributed by atoms with Gasteiger partial charge in [-0.2, -0.15) is 0 Å². The third-order valence-corrected chi connectivity index (χ3v) is 3.82. The first-order valence-electron chi connectivity index (χ1n) is 6.63. The van der Waals surface area contributed by atoms with Crippen molar-refractivity contribution < 1.29 is 14.6 Å². The molecule has 0 aliphatic carbocycles. The number of aliphatic hydroxyl groups excluding tert-OH is 1. The number of benzene rings is 1. The molecule has 0 radical (unpaired) electrons. The highest BCUT2D eigenvalue weighted by Gasteiger charge is 2.26. The Morgan fingerprint density at radius 1 is 1.35 bits per heavy atom. The van der Waals surface area contributed by atoms with Crippen molar-refractivity contribution in [3.8, 4) is 5.75 Å². The second-order valence-corrected chi connectivity index (χ2v) is 6.24. The molecule has 0 unspecified atom stereocenters. The first-order valence-corrected chi connectivity index (χ1v) is 7.42. The van der Waals surface area contributed by atoms with Crippen LogP contribution in [0.25, 0.3) is 0 Å². The van der Waals surface area contributed by atoms with Crippen molar-refractivity contribution in [1.29, 1.82) is 0 Å². The minimum absolute atomic E-state index is 0.0171. The van der Waals surface area contributed by atoms with Gasteiger partial charge in [0, 0.05) is 17.9 Å². The zero-order valence-electron chi connectivity index (χ0n) is 12.2. The molecule has 20 heavy (non-hydrogen) atoms. The Bertz CT molecular complexity index is 431. The first kappa shape index (κ1) is 17.0. The molecule has 1 aromatic carbocycles. The molecule has 0 bridgehead atoms. The van der Waals surface area contributed by atoms with Crippen LogP contribution in [0.1, 0.15) is 26.7 Å². The van der Waals surface area contributed by atoms with E-state index in [0.29, 0.717) is 19.4 Å². The van der Waals surface area contributed by atoms with E-state index >= 15 is 0 Å². The fourth-order valence-corrected chi connectivity index (χ4v) is 1.82. The van der Waals surface area contributed by atoms with Crippen LogP contribution in [0.2, 0.25) is 0 Å². The molecular weight excluding hydrogens is 322 g/mol. The Morgan fingerprint density at radius 3 is 2.50 bits per heavy atom. The second kappa shape index (κ2) is 7.64. The molecule has 0 aliphatic rings. The lowest BCUT2D eigenvalue weighted by atomic mass is 10.0. The first-order chi connectivity index (χ1) is 9.36. The maximum absolute atomic E-state index is 12.0. The van der Waals surface area contributed by atoms with Crippen LogP contribution in [0.5, 0.6) is 5.75 Å². The van der Waals surface area contributed by atoms with Crippen molar-refractivity contribution in [2.24, 2.45) is 0 Å². The van der Waals surface area contributed by atoms with Gasteiger partial charge in [-0.15, -0.1) is 0 Å². The van der Waals surface area contributed by atoms with Gasteiger partial charge >= 0.3 is 0 Å². The van der Waals surface area contributed by atoms with E-state index in [0.717, 1.165) is 10.2 Å². The van der Waals surface area contributed by atoms with Gasteiger partial charge in [-0.3, -0.25) is 4.79 Å². The van der Waals surface area contributed by atoms with E-state index in [2.05, 4.69) is 15.9 Å². The minimum atomic E-state index is -0.524. The number of rotatable bonds is 7. The maximum atomic E-state index is 12.0. The van der Waals surface area contributed by atoms with Gasteiger partial charge in [0.2, 0.25) is 5.91 Å². The monoisotopic (exact) mass is 343 g/mol. The molecule has 0 fully saturated rings. The van der Waals surface area contributed by atoms with Crippen LogP contribution in [0.3, 0.4) is 0 Å². The Labute approximate surface area is 128 Å². The third kappa shape index (κ3) is 5.13. The summed E-state index contributed by atoms with van der Waals surface area (Å²) in [4.78, 5) is 13.5. The summed E-state index contributed by atoms with van der Waals surface area (Å²) in [5.41, 5.74) is -0.524. The summed E-state index contributed by atoms with van der Waals surface area (Å²) < 4.78 is 6.57. The number of halogens is 1. The number of likely N-dealkylation sites (N-methyl/N-ethyl adjacent to an activating group) is 1. The molecule has 4 nitrogen and oxygen atoms in total. The molecule has 1 aromatic rings. The zero-order valence-corrected chi connectivity index (χ0v) is 13.8. The van der Waals surface area contributed by atoms with E-state index in [1.165, 1.54) is 0 Å². The fourth-order valence-electron chi connectivity index (χ4n) is 1.56. The van der Waals surface area contributed by atoms with E-state index < -0.39 is 5.54 Å². The van der Waals surface area contributed by atoms with Crippen LogP contribution >= 0.6 is 15.9 Å². The van der Waals surface area contributed by atoms with Gasteiger partial charge in [-0.05, 0) is 44.5 Å². The van der Waals surface area contributed by atoms with Gasteiger partial charge < -0.3 is 14.7 Å². The highest BCUT2D eigenvalue weighted by molar-refractivity contribution is 9.10. The lowest BCUT2D eigenvalue weighted by Crippen LogP contribution is -2.47. The topological polar surface area (TPSA) is 49.8 Å². The number of hydrogen-bond acceptors (Lipinski definition) is 3. The molecular formula is C15H22BrNO3. The Hall–Kier alpha value is -1.07. The van der Waals surface area contributed by atoms with Crippen molar-refractivity contribution in [1.82, 2.24) is 4.90 Å². The summed E-state index contributed by atoms with van der Waals surface area (Å²) in [6.07, 6.45) is 1.07. The summed E-state index contributed by atoms with van der Waals surface area (Å²) in [6, 6.07) is 7.59. The Balaban J connectivity index is 2.30. The summed E-state index contributed by atoms with van der Waals surface area (Å²) >= 11 is 3.36. The molecule has 1 N–H and O–H groups in total. The van der Waals surface area contributed by atoms with Crippen molar-refractivity contribution >= 4 is 21.8 Å². The van der Waals surface area contributed by atoms with Crippen LogP contribution in [-0.2, 0) is 4.79 Å². The fraction of sp³-hybridized carbons (Fsp3) is 0.533. The quantitative estimate of drug-likeness (QED) is 0.774. The molecule has 0 aromatic heterocycles. The molecule has 1 rings (SSSR count). The normalized spacial score (nSPS) is 11.2. The van der Waals surface area contributed by atoms with Crippen LogP contribution in [0.4, 0.5) is 0 Å². The summed E-state index contributed by atoms with van der Waals surface area (Å²) in [5, 5.41) is 9.23. The third-order valence-electron chi connectivity index (χ3n) is 3.29. The lowest BCUT2D eigenvalue weighted by molar-refractivity contribution is -0.136.